The molecule has 0 N–H and O–H groups in total. The fraction of sp³-hybridized carbons (Fsp3) is 0.412. The number of hydrogen-bond acceptors (Lipinski definition) is 6. The largest absolute Gasteiger partial charge is 0.497 e. The highest BCUT2D eigenvalue weighted by atomic mass is 32.1. The zero-order valence-corrected chi connectivity index (χ0v) is 14.2. The van der Waals surface area contributed by atoms with Crippen LogP contribution in [-0.2, 0) is 11.2 Å². The second-order valence-electron chi connectivity index (χ2n) is 6.00. The second-order valence-corrected chi connectivity index (χ2v) is 6.87. The van der Waals surface area contributed by atoms with Crippen LogP contribution < -0.4 is 9.64 Å². The highest BCUT2D eigenvalue weighted by Gasteiger charge is 2.47. The Morgan fingerprint density at radius 3 is 2.88 bits per heavy atom. The molecule has 3 heterocycles. The first-order valence-corrected chi connectivity index (χ1v) is 8.87. The molecule has 1 amide bonds. The minimum Gasteiger partial charge on any atom is -0.497 e. The van der Waals surface area contributed by atoms with Crippen molar-refractivity contribution in [2.75, 3.05) is 31.6 Å². The Morgan fingerprint density at radius 1 is 1.33 bits per heavy atom. The van der Waals surface area contributed by atoms with Crippen LogP contribution in [0.4, 0.5) is 9.93 Å². The highest BCUT2D eigenvalue weighted by molar-refractivity contribution is 7.13. The quantitative estimate of drug-likeness (QED) is 0.833. The Bertz CT molecular complexity index is 704. The molecule has 0 bridgehead atoms. The topological polar surface area (TPSA) is 54.9 Å². The molecule has 2 aromatic rings. The van der Waals surface area contributed by atoms with E-state index in [4.69, 9.17) is 9.47 Å². The number of carbonyl (C=O) groups excluding carboxylic acids is 1. The van der Waals surface area contributed by atoms with Gasteiger partial charge in [0.15, 0.2) is 5.13 Å². The maximum absolute atomic E-state index is 12.2. The fourth-order valence-electron chi connectivity index (χ4n) is 3.33. The van der Waals surface area contributed by atoms with Crippen molar-refractivity contribution in [2.45, 2.75) is 18.6 Å². The van der Waals surface area contributed by atoms with Crippen molar-refractivity contribution >= 4 is 22.6 Å². The van der Waals surface area contributed by atoms with Crippen molar-refractivity contribution in [1.82, 2.24) is 9.88 Å². The van der Waals surface area contributed by atoms with E-state index < -0.39 is 0 Å². The Balaban J connectivity index is 1.40. The number of aromatic nitrogens is 1. The monoisotopic (exact) mass is 345 g/mol. The number of hydrogen-bond donors (Lipinski definition) is 0. The zero-order chi connectivity index (χ0) is 16.5. The van der Waals surface area contributed by atoms with E-state index in [9.17, 15) is 4.79 Å². The minimum atomic E-state index is -0.197. The van der Waals surface area contributed by atoms with Crippen molar-refractivity contribution in [1.29, 1.82) is 0 Å². The van der Waals surface area contributed by atoms with Crippen molar-refractivity contribution in [2.24, 2.45) is 0 Å². The van der Waals surface area contributed by atoms with Gasteiger partial charge in [-0.25, -0.2) is 9.78 Å². The number of nitrogens with zero attached hydrogens (tertiary/aromatic N) is 3. The lowest BCUT2D eigenvalue weighted by Gasteiger charge is -2.22. The van der Waals surface area contributed by atoms with Crippen LogP contribution in [0.1, 0.15) is 5.56 Å². The van der Waals surface area contributed by atoms with E-state index in [0.717, 1.165) is 30.4 Å². The van der Waals surface area contributed by atoms with Crippen LogP contribution in [0.15, 0.2) is 35.8 Å². The number of benzene rings is 1. The molecule has 0 unspecified atom stereocenters. The molecule has 0 spiro atoms. The van der Waals surface area contributed by atoms with Gasteiger partial charge in [0.05, 0.1) is 19.7 Å². The van der Waals surface area contributed by atoms with Gasteiger partial charge in [-0.05, 0) is 24.1 Å². The van der Waals surface area contributed by atoms with Gasteiger partial charge in [0.1, 0.15) is 11.9 Å². The fourth-order valence-corrected chi connectivity index (χ4v) is 3.99. The first-order valence-electron chi connectivity index (χ1n) is 7.99. The molecule has 126 valence electrons. The molecule has 2 aliphatic heterocycles. The van der Waals surface area contributed by atoms with E-state index in [0.29, 0.717) is 6.54 Å². The molecule has 6 nitrogen and oxygen atoms in total. The van der Waals surface area contributed by atoms with E-state index in [1.807, 2.05) is 40.7 Å². The Labute approximate surface area is 144 Å². The number of rotatable bonds is 5. The van der Waals surface area contributed by atoms with Gasteiger partial charge < -0.3 is 14.4 Å². The Kier molecular flexibility index (Phi) is 4.02. The molecule has 1 aromatic carbocycles. The van der Waals surface area contributed by atoms with Crippen LogP contribution in [0.2, 0.25) is 0 Å². The Morgan fingerprint density at radius 2 is 2.17 bits per heavy atom. The van der Waals surface area contributed by atoms with Gasteiger partial charge in [-0.15, -0.1) is 11.3 Å². The molecule has 7 heteroatoms. The van der Waals surface area contributed by atoms with E-state index in [1.54, 1.807) is 18.4 Å². The number of amides is 1. The summed E-state index contributed by atoms with van der Waals surface area (Å²) in [6.45, 7) is 2.17. The summed E-state index contributed by atoms with van der Waals surface area (Å²) in [7, 11) is 1.66. The lowest BCUT2D eigenvalue weighted by Crippen LogP contribution is -2.39. The summed E-state index contributed by atoms with van der Waals surface area (Å²) in [5.41, 5.74) is 1.18. The zero-order valence-electron chi connectivity index (χ0n) is 13.4. The van der Waals surface area contributed by atoms with Crippen LogP contribution in [0.3, 0.4) is 0 Å². The molecule has 24 heavy (non-hydrogen) atoms. The molecule has 1 aromatic heterocycles. The summed E-state index contributed by atoms with van der Waals surface area (Å²) in [5.74, 6) is 0.842. The van der Waals surface area contributed by atoms with Crippen molar-refractivity contribution < 1.29 is 14.3 Å². The summed E-state index contributed by atoms with van der Waals surface area (Å²) >= 11 is 1.62. The van der Waals surface area contributed by atoms with Gasteiger partial charge >= 0.3 is 6.09 Å². The molecule has 2 aliphatic rings. The molecule has 2 fully saturated rings. The Hall–Kier alpha value is -2.28. The molecule has 0 aliphatic carbocycles. The van der Waals surface area contributed by atoms with Crippen molar-refractivity contribution in [3.63, 3.8) is 0 Å². The first-order chi connectivity index (χ1) is 11.7. The van der Waals surface area contributed by atoms with Crippen LogP contribution in [-0.4, -0.2) is 54.9 Å². The third kappa shape index (κ3) is 2.80. The number of carbonyl (C=O) groups is 1. The second kappa shape index (κ2) is 6.32. The maximum Gasteiger partial charge on any atom is 0.410 e. The third-order valence-corrected chi connectivity index (χ3v) is 5.45. The van der Waals surface area contributed by atoms with Crippen LogP contribution in [0, 0.1) is 0 Å². The van der Waals surface area contributed by atoms with Crippen molar-refractivity contribution in [3.05, 3.63) is 41.4 Å². The van der Waals surface area contributed by atoms with Crippen LogP contribution in [0.25, 0.3) is 0 Å². The lowest BCUT2D eigenvalue weighted by molar-refractivity contribution is 0.136. The maximum atomic E-state index is 12.2. The van der Waals surface area contributed by atoms with E-state index in [-0.39, 0.29) is 18.2 Å². The number of anilines is 1. The standard InChI is InChI=1S/C17H19N3O3S/c1-22-13-4-2-12(3-5-13)6-8-20-14-10-19(16-18-7-9-24-16)11-15(14)23-17(20)21/h2-5,7,9,14-15H,6,8,10-11H2,1H3/t14-,15+/m1/s1. The molecule has 2 atom stereocenters. The lowest BCUT2D eigenvalue weighted by atomic mass is 10.1. The molecule has 0 saturated carbocycles. The summed E-state index contributed by atoms with van der Waals surface area (Å²) in [6.07, 6.45) is 2.36. The van der Waals surface area contributed by atoms with E-state index in [1.165, 1.54) is 5.56 Å². The average Bonchev–Trinajstić information content (AvgIpc) is 3.30. The van der Waals surface area contributed by atoms with Crippen LogP contribution in [0.5, 0.6) is 5.75 Å². The SMILES string of the molecule is COc1ccc(CCN2C(=O)O[C@H]3CN(c4nccs4)C[C@H]32)cc1. The molecule has 2 saturated heterocycles. The van der Waals surface area contributed by atoms with Gasteiger partial charge in [0.2, 0.25) is 0 Å². The average molecular weight is 345 g/mol. The first kappa shape index (κ1) is 15.3. The molecule has 4 rings (SSSR count). The van der Waals surface area contributed by atoms with Crippen molar-refractivity contribution in [3.8, 4) is 5.75 Å². The minimum absolute atomic E-state index is 0.0581. The van der Waals surface area contributed by atoms with Gasteiger partial charge in [-0.1, -0.05) is 12.1 Å². The van der Waals surface area contributed by atoms with Gasteiger partial charge in [-0.3, -0.25) is 4.90 Å². The van der Waals surface area contributed by atoms with E-state index in [2.05, 4.69) is 9.88 Å². The predicted octanol–water partition coefficient (Wildman–Crippen LogP) is 2.40. The highest BCUT2D eigenvalue weighted by Crippen LogP contribution is 2.31. The summed E-state index contributed by atoms with van der Waals surface area (Å²) < 4.78 is 10.7. The smallest absolute Gasteiger partial charge is 0.410 e. The van der Waals surface area contributed by atoms with Gasteiger partial charge in [-0.2, -0.15) is 0 Å². The normalized spacial score (nSPS) is 22.6. The number of fused-ring (bicyclic) bond motifs is 1. The summed E-state index contributed by atoms with van der Waals surface area (Å²) in [4.78, 5) is 20.6. The third-order valence-electron chi connectivity index (χ3n) is 4.61. The van der Waals surface area contributed by atoms with Gasteiger partial charge in [0, 0.05) is 24.7 Å². The summed E-state index contributed by atoms with van der Waals surface area (Å²) in [6, 6.07) is 8.07. The van der Waals surface area contributed by atoms with Gasteiger partial charge in [0.25, 0.3) is 0 Å². The summed E-state index contributed by atoms with van der Waals surface area (Å²) in [5, 5.41) is 2.97. The number of thiazole rings is 1. The molecular formula is C17H19N3O3S. The number of methoxy groups -OCH3 is 1. The molecular weight excluding hydrogens is 326 g/mol. The predicted molar refractivity (Wildman–Crippen MR) is 91.8 cm³/mol. The molecule has 0 radical (unpaired) electrons. The number of ether oxygens (including phenoxy) is 2. The van der Waals surface area contributed by atoms with E-state index >= 15 is 0 Å². The van der Waals surface area contributed by atoms with Crippen LogP contribution >= 0.6 is 11.3 Å².